The van der Waals surface area contributed by atoms with Gasteiger partial charge >= 0.3 is 7.60 Å². The molecule has 12 heteroatoms. The zero-order valence-corrected chi connectivity index (χ0v) is 16.5. The topological polar surface area (TPSA) is 135 Å². The minimum absolute atomic E-state index is 0.0169. The van der Waals surface area contributed by atoms with Crippen molar-refractivity contribution in [3.63, 3.8) is 0 Å². The first-order chi connectivity index (χ1) is 12.9. The van der Waals surface area contributed by atoms with Crippen molar-refractivity contribution >= 4 is 40.5 Å². The Morgan fingerprint density at radius 2 is 1.96 bits per heavy atom. The second kappa shape index (κ2) is 8.77. The monoisotopic (exact) mass is 457 g/mol. The van der Waals surface area contributed by atoms with Gasteiger partial charge in [-0.15, -0.1) is 0 Å². The highest BCUT2D eigenvalue weighted by Crippen LogP contribution is 2.42. The number of aromatic nitrogens is 4. The van der Waals surface area contributed by atoms with E-state index < -0.39 is 13.9 Å². The molecule has 2 heterocycles. The maximum Gasteiger partial charge on any atom is 0.353 e. The molecule has 0 fully saturated rings. The molecule has 3 aromatic rings. The maximum atomic E-state index is 12.0. The fraction of sp³-hybridized carbons (Fsp3) is 0.267. The molecule has 0 bridgehead atoms. The molecule has 144 valence electrons. The summed E-state index contributed by atoms with van der Waals surface area (Å²) in [4.78, 5) is 27.2. The van der Waals surface area contributed by atoms with E-state index in [1.165, 1.54) is 17.4 Å². The molecule has 0 aliphatic rings. The average molecular weight is 458 g/mol. The van der Waals surface area contributed by atoms with Crippen molar-refractivity contribution in [2.24, 2.45) is 0 Å². The fourth-order valence-corrected chi connectivity index (χ4v) is 3.14. The molecule has 3 N–H and O–H groups in total. The number of nitrogens with zero attached hydrogens (tertiary/aromatic N) is 4. The van der Waals surface area contributed by atoms with Gasteiger partial charge < -0.3 is 24.7 Å². The van der Waals surface area contributed by atoms with Crippen molar-refractivity contribution in [3.05, 3.63) is 47.0 Å². The molecule has 27 heavy (non-hydrogen) atoms. The molecule has 0 radical (unpaired) electrons. The normalized spacial score (nSPS) is 13.6. The number of nitrogens with two attached hydrogens (primary N) is 1. The second-order valence-electron chi connectivity index (χ2n) is 5.41. The van der Waals surface area contributed by atoms with E-state index in [0.717, 1.165) is 10.0 Å². The summed E-state index contributed by atoms with van der Waals surface area (Å²) in [6.07, 6.45) is 2.28. The Kier molecular flexibility index (Phi) is 6.40. The zero-order valence-electron chi connectivity index (χ0n) is 14.1. The van der Waals surface area contributed by atoms with Crippen LogP contribution in [0.5, 0.6) is 0 Å². The molecule has 1 aromatic carbocycles. The van der Waals surface area contributed by atoms with Crippen LogP contribution in [0, 0.1) is 0 Å². The Hall–Kier alpha value is -2.04. The number of nitrogen functional groups attached to an aromatic ring is 1. The number of hydrogen-bond donors (Lipinski definition) is 2. The Balaban J connectivity index is 1.40. The van der Waals surface area contributed by atoms with Crippen LogP contribution in [0.3, 0.4) is 0 Å². The summed E-state index contributed by atoms with van der Waals surface area (Å²) in [7, 11) is -3.86. The predicted molar refractivity (Wildman–Crippen MR) is 101 cm³/mol. The van der Waals surface area contributed by atoms with Crippen molar-refractivity contribution in [1.29, 1.82) is 0 Å². The lowest BCUT2D eigenvalue weighted by Gasteiger charge is -2.13. The third kappa shape index (κ3) is 5.47. The molecule has 3 rings (SSSR count). The van der Waals surface area contributed by atoms with Gasteiger partial charge in [-0.25, -0.2) is 15.0 Å². The number of hydrogen-bond acceptors (Lipinski definition) is 8. The third-order valence-electron chi connectivity index (χ3n) is 3.39. The highest BCUT2D eigenvalue weighted by atomic mass is 79.9. The molecule has 0 spiro atoms. The molecule has 2 aromatic heterocycles. The molecule has 0 saturated carbocycles. The van der Waals surface area contributed by atoms with E-state index in [4.69, 9.17) is 19.8 Å². The molecular weight excluding hydrogens is 441 g/mol. The fourth-order valence-electron chi connectivity index (χ4n) is 2.09. The van der Waals surface area contributed by atoms with E-state index >= 15 is 0 Å². The van der Waals surface area contributed by atoms with Crippen molar-refractivity contribution in [2.45, 2.75) is 6.61 Å². The van der Waals surface area contributed by atoms with Gasteiger partial charge in [0.2, 0.25) is 5.65 Å². The number of benzene rings is 1. The standard InChI is InChI=1S/C15H17BrN5O5P/c16-12-3-1-11(2-4-12)7-26-27(22,23)10-24-5-6-25-21-9-20-13-14(17)18-8-19-15(13)21/h1-4,8-9H,5-7,10H2,(H,22,23)(H2,17,18,19). The van der Waals surface area contributed by atoms with Gasteiger partial charge in [-0.1, -0.05) is 28.1 Å². The summed E-state index contributed by atoms with van der Waals surface area (Å²) >= 11 is 3.32. The maximum absolute atomic E-state index is 12.0. The summed E-state index contributed by atoms with van der Waals surface area (Å²) in [5, 5.41) is 0. The highest BCUT2D eigenvalue weighted by molar-refractivity contribution is 9.10. The predicted octanol–water partition coefficient (Wildman–Crippen LogP) is 1.98. The van der Waals surface area contributed by atoms with Gasteiger partial charge in [-0.2, -0.15) is 4.73 Å². The summed E-state index contributed by atoms with van der Waals surface area (Å²) in [5.41, 5.74) is 7.33. The number of rotatable bonds is 9. The first-order valence-corrected chi connectivity index (χ1v) is 10.4. The second-order valence-corrected chi connectivity index (χ2v) is 8.12. The molecule has 0 saturated heterocycles. The van der Waals surface area contributed by atoms with Crippen LogP contribution in [0.2, 0.25) is 0 Å². The van der Waals surface area contributed by atoms with Gasteiger partial charge in [0.05, 0.1) is 13.2 Å². The number of ether oxygens (including phenoxy) is 1. The largest absolute Gasteiger partial charge is 0.408 e. The molecule has 0 amide bonds. The lowest BCUT2D eigenvalue weighted by molar-refractivity contribution is 0.0502. The van der Waals surface area contributed by atoms with Crippen LogP contribution in [0.1, 0.15) is 5.56 Å². The average Bonchev–Trinajstić information content (AvgIpc) is 3.06. The SMILES string of the molecule is Nc1ncnc2c1ncn2OCCOCP(=O)(O)OCc1ccc(Br)cc1. The van der Waals surface area contributed by atoms with E-state index in [1.54, 1.807) is 12.1 Å². The van der Waals surface area contributed by atoms with Crippen molar-refractivity contribution < 1.29 is 23.6 Å². The quantitative estimate of drug-likeness (QED) is 0.365. The first kappa shape index (κ1) is 19.7. The smallest absolute Gasteiger partial charge is 0.353 e. The van der Waals surface area contributed by atoms with E-state index in [2.05, 4.69) is 30.9 Å². The Labute approximate surface area is 162 Å². The number of anilines is 1. The summed E-state index contributed by atoms with van der Waals surface area (Å²) in [5.74, 6) is 0.253. The zero-order chi connectivity index (χ0) is 19.3. The highest BCUT2D eigenvalue weighted by Gasteiger charge is 2.19. The molecular formula is C15H17BrN5O5P. The van der Waals surface area contributed by atoms with Crippen molar-refractivity contribution in [3.8, 4) is 0 Å². The Morgan fingerprint density at radius 1 is 1.19 bits per heavy atom. The Bertz CT molecular complexity index is 951. The van der Waals surface area contributed by atoms with Crippen LogP contribution in [-0.2, 0) is 20.4 Å². The van der Waals surface area contributed by atoms with Crippen LogP contribution >= 0.6 is 23.5 Å². The van der Waals surface area contributed by atoms with E-state index in [0.29, 0.717) is 11.2 Å². The summed E-state index contributed by atoms with van der Waals surface area (Å²) in [6, 6.07) is 7.25. The minimum atomic E-state index is -3.86. The molecule has 1 atom stereocenters. The number of imidazole rings is 1. The number of fused-ring (bicyclic) bond motifs is 1. The minimum Gasteiger partial charge on any atom is -0.408 e. The van der Waals surface area contributed by atoms with Gasteiger partial charge in [0.1, 0.15) is 25.6 Å². The van der Waals surface area contributed by atoms with Gasteiger partial charge in [0.25, 0.3) is 0 Å². The van der Waals surface area contributed by atoms with E-state index in [-0.39, 0.29) is 25.6 Å². The van der Waals surface area contributed by atoms with E-state index in [1.807, 2.05) is 12.1 Å². The lowest BCUT2D eigenvalue weighted by atomic mass is 10.2. The molecule has 0 aliphatic heterocycles. The Morgan fingerprint density at radius 3 is 2.74 bits per heavy atom. The molecule has 0 aliphatic carbocycles. The van der Waals surface area contributed by atoms with Crippen LogP contribution in [0.15, 0.2) is 41.4 Å². The van der Waals surface area contributed by atoms with E-state index in [9.17, 15) is 9.46 Å². The van der Waals surface area contributed by atoms with Crippen molar-refractivity contribution in [2.75, 3.05) is 25.3 Å². The molecule has 10 nitrogen and oxygen atoms in total. The summed E-state index contributed by atoms with van der Waals surface area (Å²) in [6.45, 7) is 0.206. The van der Waals surface area contributed by atoms with Crippen LogP contribution < -0.4 is 10.6 Å². The number of halogens is 1. The van der Waals surface area contributed by atoms with Gasteiger partial charge in [0, 0.05) is 4.47 Å². The molecule has 1 unspecified atom stereocenters. The van der Waals surface area contributed by atoms with Crippen LogP contribution in [0.25, 0.3) is 11.2 Å². The van der Waals surface area contributed by atoms with Gasteiger partial charge in [-0.3, -0.25) is 4.57 Å². The third-order valence-corrected chi connectivity index (χ3v) is 4.96. The summed E-state index contributed by atoms with van der Waals surface area (Å²) < 4.78 is 24.5. The van der Waals surface area contributed by atoms with Gasteiger partial charge in [-0.05, 0) is 17.7 Å². The van der Waals surface area contributed by atoms with Crippen molar-refractivity contribution in [1.82, 2.24) is 19.7 Å². The lowest BCUT2D eigenvalue weighted by Crippen LogP contribution is -2.17. The van der Waals surface area contributed by atoms with Crippen LogP contribution in [-0.4, -0.2) is 44.1 Å². The van der Waals surface area contributed by atoms with Crippen LogP contribution in [0.4, 0.5) is 5.82 Å². The van der Waals surface area contributed by atoms with Gasteiger partial charge in [0.15, 0.2) is 11.3 Å². The first-order valence-electron chi connectivity index (χ1n) is 7.80.